The van der Waals surface area contributed by atoms with E-state index in [4.69, 9.17) is 0 Å². The molecule has 3 rings (SSSR count). The van der Waals surface area contributed by atoms with E-state index in [9.17, 15) is 4.79 Å². The Morgan fingerprint density at radius 1 is 1.10 bits per heavy atom. The molecular weight excluding hydrogens is 260 g/mol. The van der Waals surface area contributed by atoms with Crippen molar-refractivity contribution >= 4 is 5.91 Å². The number of piperidine rings is 2. The van der Waals surface area contributed by atoms with Gasteiger partial charge in [-0.15, -0.1) is 0 Å². The summed E-state index contributed by atoms with van der Waals surface area (Å²) in [5.74, 6) is 0.276. The van der Waals surface area contributed by atoms with E-state index in [1.165, 1.54) is 25.7 Å². The third-order valence-electron chi connectivity index (χ3n) is 5.47. The maximum atomic E-state index is 12.7. The van der Waals surface area contributed by atoms with E-state index in [0.717, 1.165) is 31.7 Å². The smallest absolute Gasteiger partial charge is 0.229 e. The second-order valence-corrected chi connectivity index (χ2v) is 6.71. The number of carbonyl (C=O) groups is 1. The van der Waals surface area contributed by atoms with Gasteiger partial charge in [-0.3, -0.25) is 4.79 Å². The van der Waals surface area contributed by atoms with Gasteiger partial charge in [-0.25, -0.2) is 0 Å². The number of rotatable bonds is 2. The number of carbonyl (C=O) groups excluding carboxylic acids is 1. The lowest BCUT2D eigenvalue weighted by molar-refractivity contribution is -0.135. The number of benzene rings is 1. The van der Waals surface area contributed by atoms with Crippen molar-refractivity contribution in [3.05, 3.63) is 35.9 Å². The highest BCUT2D eigenvalue weighted by Gasteiger charge is 2.37. The molecule has 3 nitrogen and oxygen atoms in total. The van der Waals surface area contributed by atoms with Crippen LogP contribution < -0.4 is 5.32 Å². The highest BCUT2D eigenvalue weighted by Crippen LogP contribution is 2.40. The van der Waals surface area contributed by atoms with Crippen molar-refractivity contribution in [2.45, 2.75) is 38.5 Å². The van der Waals surface area contributed by atoms with Gasteiger partial charge in [0.05, 0.1) is 5.92 Å². The van der Waals surface area contributed by atoms with Crippen LogP contribution in [-0.4, -0.2) is 37.0 Å². The highest BCUT2D eigenvalue weighted by molar-refractivity contribution is 5.83. The lowest BCUT2D eigenvalue weighted by Crippen LogP contribution is -2.48. The number of amides is 1. The molecule has 3 heteroatoms. The quantitative estimate of drug-likeness (QED) is 0.906. The van der Waals surface area contributed by atoms with Gasteiger partial charge in [-0.05, 0) is 56.7 Å². The summed E-state index contributed by atoms with van der Waals surface area (Å²) in [5, 5.41) is 3.45. The molecule has 114 valence electrons. The third kappa shape index (κ3) is 3.13. The van der Waals surface area contributed by atoms with Crippen LogP contribution in [0.15, 0.2) is 30.3 Å². The van der Waals surface area contributed by atoms with E-state index in [2.05, 4.69) is 22.3 Å². The summed E-state index contributed by atoms with van der Waals surface area (Å²) in [4.78, 5) is 14.8. The van der Waals surface area contributed by atoms with Gasteiger partial charge in [0, 0.05) is 13.1 Å². The van der Waals surface area contributed by atoms with Gasteiger partial charge < -0.3 is 10.2 Å². The van der Waals surface area contributed by atoms with Crippen molar-refractivity contribution in [3.63, 3.8) is 0 Å². The first-order valence-corrected chi connectivity index (χ1v) is 8.25. The molecule has 2 fully saturated rings. The van der Waals surface area contributed by atoms with Crippen molar-refractivity contribution in [1.82, 2.24) is 10.2 Å². The molecule has 1 N–H and O–H groups in total. The zero-order chi connectivity index (χ0) is 14.7. The fraction of sp³-hybridized carbons (Fsp3) is 0.611. The Bertz CT molecular complexity index is 469. The standard InChI is InChI=1S/C18H26N2O/c1-15(16-5-3-2-4-6-16)17(21)20-13-9-18(10-14-20)7-11-19-12-8-18/h2-6,15,19H,7-14H2,1H3. The molecule has 0 aliphatic carbocycles. The maximum absolute atomic E-state index is 12.7. The minimum absolute atomic E-state index is 0.0201. The molecule has 0 aromatic heterocycles. The highest BCUT2D eigenvalue weighted by atomic mass is 16.2. The van der Waals surface area contributed by atoms with Crippen molar-refractivity contribution < 1.29 is 4.79 Å². The van der Waals surface area contributed by atoms with Crippen LogP contribution in [0.2, 0.25) is 0 Å². The van der Waals surface area contributed by atoms with E-state index in [1.54, 1.807) is 0 Å². The summed E-state index contributed by atoms with van der Waals surface area (Å²) in [6, 6.07) is 10.1. The minimum atomic E-state index is -0.0201. The minimum Gasteiger partial charge on any atom is -0.342 e. The molecule has 21 heavy (non-hydrogen) atoms. The van der Waals surface area contributed by atoms with Crippen LogP contribution in [0.5, 0.6) is 0 Å². The predicted molar refractivity (Wildman–Crippen MR) is 85.2 cm³/mol. The fourth-order valence-electron chi connectivity index (χ4n) is 3.82. The first-order chi connectivity index (χ1) is 10.2. The topological polar surface area (TPSA) is 32.3 Å². The second kappa shape index (κ2) is 6.18. The average Bonchev–Trinajstić information content (AvgIpc) is 2.56. The Hall–Kier alpha value is -1.35. The molecule has 1 unspecified atom stereocenters. The molecule has 0 saturated carbocycles. The van der Waals surface area contributed by atoms with Gasteiger partial charge >= 0.3 is 0 Å². The van der Waals surface area contributed by atoms with Gasteiger partial charge in [0.2, 0.25) is 5.91 Å². The van der Waals surface area contributed by atoms with E-state index in [0.29, 0.717) is 11.3 Å². The predicted octanol–water partition coefficient (Wildman–Crippen LogP) is 2.78. The zero-order valence-corrected chi connectivity index (χ0v) is 13.0. The number of likely N-dealkylation sites (tertiary alicyclic amines) is 1. The van der Waals surface area contributed by atoms with Gasteiger partial charge in [-0.2, -0.15) is 0 Å². The molecule has 1 aromatic carbocycles. The van der Waals surface area contributed by atoms with Gasteiger partial charge in [-0.1, -0.05) is 30.3 Å². The summed E-state index contributed by atoms with van der Waals surface area (Å²) in [5.41, 5.74) is 1.64. The largest absolute Gasteiger partial charge is 0.342 e. The first kappa shape index (κ1) is 14.6. The molecule has 1 aromatic rings. The van der Waals surface area contributed by atoms with Crippen molar-refractivity contribution in [2.75, 3.05) is 26.2 Å². The van der Waals surface area contributed by atoms with Gasteiger partial charge in [0.25, 0.3) is 0 Å². The first-order valence-electron chi connectivity index (χ1n) is 8.25. The zero-order valence-electron chi connectivity index (χ0n) is 13.0. The normalized spacial score (nSPS) is 23.0. The molecule has 0 radical (unpaired) electrons. The lowest BCUT2D eigenvalue weighted by atomic mass is 9.71. The second-order valence-electron chi connectivity index (χ2n) is 6.71. The van der Waals surface area contributed by atoms with Crippen molar-refractivity contribution in [1.29, 1.82) is 0 Å². The molecule has 2 aliphatic rings. The lowest BCUT2D eigenvalue weighted by Gasteiger charge is -2.45. The van der Waals surface area contributed by atoms with Crippen molar-refractivity contribution in [3.8, 4) is 0 Å². The third-order valence-corrected chi connectivity index (χ3v) is 5.47. The number of nitrogens with one attached hydrogen (secondary N) is 1. The Labute approximate surface area is 127 Å². The fourth-order valence-corrected chi connectivity index (χ4v) is 3.82. The van der Waals surface area contributed by atoms with Gasteiger partial charge in [0.1, 0.15) is 0 Å². The number of nitrogens with zero attached hydrogens (tertiary/aromatic N) is 1. The molecular formula is C18H26N2O. The monoisotopic (exact) mass is 286 g/mol. The Morgan fingerprint density at radius 2 is 1.71 bits per heavy atom. The summed E-state index contributed by atoms with van der Waals surface area (Å²) in [6.07, 6.45) is 4.93. The molecule has 1 spiro atoms. The Morgan fingerprint density at radius 3 is 2.33 bits per heavy atom. The van der Waals surface area contributed by atoms with Gasteiger partial charge in [0.15, 0.2) is 0 Å². The molecule has 0 bridgehead atoms. The molecule has 1 atom stereocenters. The number of hydrogen-bond acceptors (Lipinski definition) is 2. The van der Waals surface area contributed by atoms with Crippen LogP contribution in [0.25, 0.3) is 0 Å². The van der Waals surface area contributed by atoms with Crippen LogP contribution >= 0.6 is 0 Å². The molecule has 2 heterocycles. The van der Waals surface area contributed by atoms with E-state index in [1.807, 2.05) is 25.1 Å². The summed E-state index contributed by atoms with van der Waals surface area (Å²) in [7, 11) is 0. The summed E-state index contributed by atoms with van der Waals surface area (Å²) < 4.78 is 0. The van der Waals surface area contributed by atoms with E-state index < -0.39 is 0 Å². The molecule has 2 saturated heterocycles. The van der Waals surface area contributed by atoms with E-state index >= 15 is 0 Å². The Kier molecular flexibility index (Phi) is 4.29. The summed E-state index contributed by atoms with van der Waals surface area (Å²) >= 11 is 0. The molecule has 1 amide bonds. The van der Waals surface area contributed by atoms with Crippen LogP contribution in [-0.2, 0) is 4.79 Å². The summed E-state index contributed by atoms with van der Waals surface area (Å²) in [6.45, 7) is 6.21. The SMILES string of the molecule is CC(C(=O)N1CCC2(CCNCC2)CC1)c1ccccc1. The average molecular weight is 286 g/mol. The number of hydrogen-bond donors (Lipinski definition) is 1. The van der Waals surface area contributed by atoms with Crippen LogP contribution in [0.4, 0.5) is 0 Å². The van der Waals surface area contributed by atoms with Crippen LogP contribution in [0.3, 0.4) is 0 Å². The van der Waals surface area contributed by atoms with Crippen molar-refractivity contribution in [2.24, 2.45) is 5.41 Å². The maximum Gasteiger partial charge on any atom is 0.229 e. The van der Waals surface area contributed by atoms with E-state index in [-0.39, 0.29) is 5.92 Å². The van der Waals surface area contributed by atoms with Crippen LogP contribution in [0, 0.1) is 5.41 Å². The molecule has 2 aliphatic heterocycles. The van der Waals surface area contributed by atoms with Crippen LogP contribution in [0.1, 0.15) is 44.1 Å². The Balaban J connectivity index is 1.60.